The number of hydrogen-bond acceptors (Lipinski definition) is 1. The molecule has 0 saturated heterocycles. The van der Waals surface area contributed by atoms with Crippen LogP contribution in [0.2, 0.25) is 0 Å². The molecule has 20 heavy (non-hydrogen) atoms. The van der Waals surface area contributed by atoms with Gasteiger partial charge in [0.2, 0.25) is 0 Å². The molecule has 2 nitrogen and oxygen atoms in total. The van der Waals surface area contributed by atoms with E-state index in [0.29, 0.717) is 6.42 Å². The van der Waals surface area contributed by atoms with E-state index in [1.54, 1.807) is 0 Å². The fourth-order valence-corrected chi connectivity index (χ4v) is 2.00. The van der Waals surface area contributed by atoms with Crippen LogP contribution in [0.4, 0.5) is 8.78 Å². The molecule has 2 rings (SSSR count). The standard InChI is InChI=1S/C16H15F2NO/c1-11(10-12-6-3-2-4-7-12)19-16(20)13-8-5-9-14(17)15(13)18/h2-9,11H,10H2,1H3,(H,19,20). The van der Waals surface area contributed by atoms with E-state index in [2.05, 4.69) is 5.32 Å². The molecule has 0 aliphatic heterocycles. The van der Waals surface area contributed by atoms with Crippen molar-refractivity contribution in [3.8, 4) is 0 Å². The molecule has 1 amide bonds. The van der Waals surface area contributed by atoms with Crippen molar-refractivity contribution in [2.24, 2.45) is 0 Å². The fourth-order valence-electron chi connectivity index (χ4n) is 2.00. The minimum atomic E-state index is -1.11. The molecule has 0 aliphatic carbocycles. The number of benzene rings is 2. The van der Waals surface area contributed by atoms with Gasteiger partial charge in [-0.3, -0.25) is 4.79 Å². The molecular formula is C16H15F2NO. The quantitative estimate of drug-likeness (QED) is 0.911. The molecule has 1 atom stereocenters. The fraction of sp³-hybridized carbons (Fsp3) is 0.188. The van der Waals surface area contributed by atoms with Crippen molar-refractivity contribution in [2.45, 2.75) is 19.4 Å². The normalized spacial score (nSPS) is 11.9. The first-order chi connectivity index (χ1) is 9.58. The number of hydrogen-bond donors (Lipinski definition) is 1. The average Bonchev–Trinajstić information content (AvgIpc) is 2.42. The summed E-state index contributed by atoms with van der Waals surface area (Å²) in [6.45, 7) is 1.82. The van der Waals surface area contributed by atoms with Gasteiger partial charge in [-0.05, 0) is 31.0 Å². The van der Waals surface area contributed by atoms with E-state index < -0.39 is 17.5 Å². The zero-order valence-electron chi connectivity index (χ0n) is 11.1. The van der Waals surface area contributed by atoms with E-state index in [1.165, 1.54) is 12.1 Å². The maximum atomic E-state index is 13.5. The van der Waals surface area contributed by atoms with Crippen LogP contribution in [0.1, 0.15) is 22.8 Å². The van der Waals surface area contributed by atoms with Crippen molar-refractivity contribution in [2.75, 3.05) is 0 Å². The maximum absolute atomic E-state index is 13.5. The summed E-state index contributed by atoms with van der Waals surface area (Å²) >= 11 is 0. The molecule has 0 heterocycles. The summed E-state index contributed by atoms with van der Waals surface area (Å²) in [4.78, 5) is 11.9. The van der Waals surface area contributed by atoms with Gasteiger partial charge in [-0.15, -0.1) is 0 Å². The van der Waals surface area contributed by atoms with Crippen LogP contribution in [0.3, 0.4) is 0 Å². The molecule has 1 N–H and O–H groups in total. The molecule has 4 heteroatoms. The predicted molar refractivity (Wildman–Crippen MR) is 73.4 cm³/mol. The minimum absolute atomic E-state index is 0.174. The van der Waals surface area contributed by atoms with Crippen LogP contribution in [0.25, 0.3) is 0 Å². The number of carbonyl (C=O) groups excluding carboxylic acids is 1. The van der Waals surface area contributed by atoms with Crippen molar-refractivity contribution in [1.29, 1.82) is 0 Å². The molecule has 1 unspecified atom stereocenters. The third-order valence-electron chi connectivity index (χ3n) is 2.96. The zero-order valence-corrected chi connectivity index (χ0v) is 11.1. The van der Waals surface area contributed by atoms with Crippen LogP contribution >= 0.6 is 0 Å². The lowest BCUT2D eigenvalue weighted by Gasteiger charge is -2.14. The largest absolute Gasteiger partial charge is 0.349 e. The highest BCUT2D eigenvalue weighted by atomic mass is 19.2. The van der Waals surface area contributed by atoms with E-state index in [-0.39, 0.29) is 11.6 Å². The Morgan fingerprint density at radius 3 is 2.50 bits per heavy atom. The average molecular weight is 275 g/mol. The van der Waals surface area contributed by atoms with Crippen LogP contribution < -0.4 is 5.32 Å². The third kappa shape index (κ3) is 3.41. The highest BCUT2D eigenvalue weighted by molar-refractivity contribution is 5.94. The smallest absolute Gasteiger partial charge is 0.254 e. The van der Waals surface area contributed by atoms with Crippen molar-refractivity contribution in [3.63, 3.8) is 0 Å². The molecule has 0 aromatic heterocycles. The molecule has 0 aliphatic rings. The Morgan fingerprint density at radius 2 is 1.80 bits per heavy atom. The summed E-state index contributed by atoms with van der Waals surface area (Å²) in [7, 11) is 0. The second-order valence-electron chi connectivity index (χ2n) is 4.67. The molecule has 0 radical (unpaired) electrons. The van der Waals surface area contributed by atoms with Gasteiger partial charge in [-0.1, -0.05) is 36.4 Å². The topological polar surface area (TPSA) is 29.1 Å². The second-order valence-corrected chi connectivity index (χ2v) is 4.67. The van der Waals surface area contributed by atoms with Crippen LogP contribution in [0.5, 0.6) is 0 Å². The van der Waals surface area contributed by atoms with E-state index in [9.17, 15) is 13.6 Å². The molecule has 0 spiro atoms. The Balaban J connectivity index is 2.02. The number of carbonyl (C=O) groups is 1. The van der Waals surface area contributed by atoms with Gasteiger partial charge in [0.05, 0.1) is 5.56 Å². The van der Waals surface area contributed by atoms with Crippen molar-refractivity contribution in [3.05, 3.63) is 71.3 Å². The summed E-state index contributed by atoms with van der Waals surface area (Å²) in [6.07, 6.45) is 0.628. The van der Waals surface area contributed by atoms with E-state index in [1.807, 2.05) is 37.3 Å². The lowest BCUT2D eigenvalue weighted by Crippen LogP contribution is -2.34. The van der Waals surface area contributed by atoms with Gasteiger partial charge in [0.1, 0.15) is 0 Å². The van der Waals surface area contributed by atoms with Gasteiger partial charge in [0, 0.05) is 6.04 Å². The Bertz CT molecular complexity index is 599. The third-order valence-corrected chi connectivity index (χ3v) is 2.96. The van der Waals surface area contributed by atoms with Crippen molar-refractivity contribution < 1.29 is 13.6 Å². The molecule has 2 aromatic carbocycles. The Labute approximate surface area is 116 Å². The Hall–Kier alpha value is -2.23. The monoisotopic (exact) mass is 275 g/mol. The zero-order chi connectivity index (χ0) is 14.5. The lowest BCUT2D eigenvalue weighted by atomic mass is 10.1. The number of nitrogens with one attached hydrogen (secondary N) is 1. The van der Waals surface area contributed by atoms with Gasteiger partial charge in [0.25, 0.3) is 5.91 Å². The summed E-state index contributed by atoms with van der Waals surface area (Å²) in [5.41, 5.74) is 0.796. The summed E-state index contributed by atoms with van der Waals surface area (Å²) in [5, 5.41) is 2.67. The second kappa shape index (κ2) is 6.28. The molecular weight excluding hydrogens is 260 g/mol. The van der Waals surface area contributed by atoms with E-state index in [0.717, 1.165) is 11.6 Å². The lowest BCUT2D eigenvalue weighted by molar-refractivity contribution is 0.0935. The first-order valence-corrected chi connectivity index (χ1v) is 6.36. The molecule has 0 fully saturated rings. The first-order valence-electron chi connectivity index (χ1n) is 6.36. The van der Waals surface area contributed by atoms with Crippen molar-refractivity contribution in [1.82, 2.24) is 5.32 Å². The first kappa shape index (κ1) is 14.2. The predicted octanol–water partition coefficient (Wildman–Crippen LogP) is 3.33. The highest BCUT2D eigenvalue weighted by Gasteiger charge is 2.16. The van der Waals surface area contributed by atoms with Gasteiger partial charge in [-0.2, -0.15) is 0 Å². The Kier molecular flexibility index (Phi) is 4.45. The van der Waals surface area contributed by atoms with E-state index >= 15 is 0 Å². The van der Waals surface area contributed by atoms with Crippen LogP contribution in [-0.4, -0.2) is 11.9 Å². The van der Waals surface area contributed by atoms with Crippen LogP contribution in [-0.2, 0) is 6.42 Å². The van der Waals surface area contributed by atoms with Crippen LogP contribution in [0.15, 0.2) is 48.5 Å². The summed E-state index contributed by atoms with van der Waals surface area (Å²) < 4.78 is 26.6. The molecule has 0 bridgehead atoms. The number of amides is 1. The van der Waals surface area contributed by atoms with Gasteiger partial charge < -0.3 is 5.32 Å². The SMILES string of the molecule is CC(Cc1ccccc1)NC(=O)c1cccc(F)c1F. The molecule has 104 valence electrons. The van der Waals surface area contributed by atoms with Gasteiger partial charge in [-0.25, -0.2) is 8.78 Å². The Morgan fingerprint density at radius 1 is 1.10 bits per heavy atom. The van der Waals surface area contributed by atoms with E-state index in [4.69, 9.17) is 0 Å². The number of rotatable bonds is 4. The van der Waals surface area contributed by atoms with Crippen LogP contribution in [0, 0.1) is 11.6 Å². The van der Waals surface area contributed by atoms with Gasteiger partial charge >= 0.3 is 0 Å². The highest BCUT2D eigenvalue weighted by Crippen LogP contribution is 2.12. The summed E-state index contributed by atoms with van der Waals surface area (Å²) in [6, 6.07) is 13.0. The molecule has 2 aromatic rings. The minimum Gasteiger partial charge on any atom is -0.349 e. The maximum Gasteiger partial charge on any atom is 0.254 e. The summed E-state index contributed by atoms with van der Waals surface area (Å²) in [5.74, 6) is -2.74. The molecule has 0 saturated carbocycles. The number of halogens is 2. The van der Waals surface area contributed by atoms with Gasteiger partial charge in [0.15, 0.2) is 11.6 Å². The van der Waals surface area contributed by atoms with Crippen molar-refractivity contribution >= 4 is 5.91 Å².